The van der Waals surface area contributed by atoms with Crippen molar-refractivity contribution < 1.29 is 4.74 Å². The average molecular weight is 276 g/mol. The van der Waals surface area contributed by atoms with Crippen LogP contribution in [0.4, 0.5) is 0 Å². The molecule has 0 radical (unpaired) electrons. The number of methoxy groups -OCH3 is 1. The first-order valence-electron chi connectivity index (χ1n) is 7.87. The lowest BCUT2D eigenvalue weighted by Crippen LogP contribution is -2.38. The lowest BCUT2D eigenvalue weighted by atomic mass is 10.0. The number of piperidine rings is 1. The highest BCUT2D eigenvalue weighted by Gasteiger charge is 2.16. The molecule has 2 rings (SSSR count). The van der Waals surface area contributed by atoms with Crippen LogP contribution in [0.5, 0.6) is 5.75 Å². The molecule has 1 aromatic rings. The minimum Gasteiger partial charge on any atom is -0.497 e. The van der Waals surface area contributed by atoms with Crippen LogP contribution in [0.15, 0.2) is 24.3 Å². The first-order valence-corrected chi connectivity index (χ1v) is 7.87. The van der Waals surface area contributed by atoms with Crippen molar-refractivity contribution >= 4 is 0 Å². The van der Waals surface area contributed by atoms with Crippen molar-refractivity contribution in [1.29, 1.82) is 0 Å². The van der Waals surface area contributed by atoms with Gasteiger partial charge >= 0.3 is 0 Å². The van der Waals surface area contributed by atoms with Gasteiger partial charge in [-0.15, -0.1) is 0 Å². The van der Waals surface area contributed by atoms with Crippen LogP contribution in [0.3, 0.4) is 0 Å². The Bertz CT molecular complexity index is 394. The monoisotopic (exact) mass is 276 g/mol. The van der Waals surface area contributed by atoms with Crippen LogP contribution in [0.1, 0.15) is 38.2 Å². The summed E-state index contributed by atoms with van der Waals surface area (Å²) in [6.45, 7) is 6.89. The lowest BCUT2D eigenvalue weighted by Gasteiger charge is -2.33. The minimum absolute atomic E-state index is 0.780. The van der Waals surface area contributed by atoms with E-state index in [0.717, 1.165) is 24.9 Å². The maximum Gasteiger partial charge on any atom is 0.119 e. The molecular weight excluding hydrogens is 248 g/mol. The summed E-state index contributed by atoms with van der Waals surface area (Å²) in [7, 11) is 1.71. The van der Waals surface area contributed by atoms with Crippen LogP contribution >= 0.6 is 0 Å². The fourth-order valence-electron chi connectivity index (χ4n) is 2.91. The van der Waals surface area contributed by atoms with Crippen molar-refractivity contribution in [3.63, 3.8) is 0 Å². The first kappa shape index (κ1) is 15.3. The van der Waals surface area contributed by atoms with Gasteiger partial charge in [0.25, 0.3) is 0 Å². The third-order valence-electron chi connectivity index (χ3n) is 4.20. The number of hydrogen-bond acceptors (Lipinski definition) is 3. The second-order valence-electron chi connectivity index (χ2n) is 5.76. The molecule has 1 aliphatic rings. The Morgan fingerprint density at radius 1 is 1.35 bits per heavy atom. The molecule has 0 bridgehead atoms. The van der Waals surface area contributed by atoms with Crippen LogP contribution in [0.25, 0.3) is 0 Å². The molecule has 1 atom stereocenters. The van der Waals surface area contributed by atoms with E-state index in [0.29, 0.717) is 0 Å². The quantitative estimate of drug-likeness (QED) is 0.775. The molecule has 1 fully saturated rings. The summed E-state index contributed by atoms with van der Waals surface area (Å²) in [6, 6.07) is 9.05. The van der Waals surface area contributed by atoms with E-state index in [-0.39, 0.29) is 0 Å². The average Bonchev–Trinajstić information content (AvgIpc) is 2.49. The van der Waals surface area contributed by atoms with Gasteiger partial charge in [0.1, 0.15) is 5.75 Å². The molecule has 1 N–H and O–H groups in total. The van der Waals surface area contributed by atoms with Crippen LogP contribution in [-0.2, 0) is 6.54 Å². The number of nitrogens with zero attached hydrogens (tertiary/aromatic N) is 1. The summed E-state index contributed by atoms with van der Waals surface area (Å²) < 4.78 is 5.24. The molecule has 1 unspecified atom stereocenters. The van der Waals surface area contributed by atoms with Gasteiger partial charge in [-0.25, -0.2) is 0 Å². The number of hydrogen-bond donors (Lipinski definition) is 1. The van der Waals surface area contributed by atoms with Crippen LogP contribution in [0, 0.1) is 0 Å². The number of rotatable bonds is 7. The molecule has 0 saturated carbocycles. The molecule has 0 aliphatic carbocycles. The molecule has 1 heterocycles. The summed E-state index contributed by atoms with van der Waals surface area (Å²) in [4.78, 5) is 2.64. The Balaban J connectivity index is 1.61. The maximum absolute atomic E-state index is 5.24. The third-order valence-corrected chi connectivity index (χ3v) is 4.20. The molecule has 0 amide bonds. The molecule has 1 aliphatic heterocycles. The van der Waals surface area contributed by atoms with Crippen molar-refractivity contribution in [3.8, 4) is 5.75 Å². The Kier molecular flexibility index (Phi) is 6.34. The summed E-state index contributed by atoms with van der Waals surface area (Å²) in [5.41, 5.74) is 1.29. The van der Waals surface area contributed by atoms with E-state index >= 15 is 0 Å². The largest absolute Gasteiger partial charge is 0.497 e. The predicted molar refractivity (Wildman–Crippen MR) is 84.2 cm³/mol. The van der Waals surface area contributed by atoms with Gasteiger partial charge in [0.2, 0.25) is 0 Å². The molecule has 3 nitrogen and oxygen atoms in total. The Labute approximate surface area is 123 Å². The van der Waals surface area contributed by atoms with Crippen molar-refractivity contribution in [2.24, 2.45) is 0 Å². The molecule has 20 heavy (non-hydrogen) atoms. The van der Waals surface area contributed by atoms with Gasteiger partial charge < -0.3 is 15.0 Å². The Morgan fingerprint density at radius 2 is 2.25 bits per heavy atom. The smallest absolute Gasteiger partial charge is 0.119 e. The van der Waals surface area contributed by atoms with Crippen LogP contribution in [0.2, 0.25) is 0 Å². The van der Waals surface area contributed by atoms with Crippen molar-refractivity contribution in [3.05, 3.63) is 29.8 Å². The van der Waals surface area contributed by atoms with Crippen molar-refractivity contribution in [1.82, 2.24) is 10.2 Å². The highest BCUT2D eigenvalue weighted by Crippen LogP contribution is 2.16. The molecule has 1 saturated heterocycles. The van der Waals surface area contributed by atoms with E-state index in [4.69, 9.17) is 4.74 Å². The number of ether oxygens (including phenoxy) is 1. The third kappa shape index (κ3) is 4.80. The van der Waals surface area contributed by atoms with Gasteiger partial charge in [0, 0.05) is 12.6 Å². The fourth-order valence-corrected chi connectivity index (χ4v) is 2.91. The first-order chi connectivity index (χ1) is 9.79. The molecule has 0 aromatic heterocycles. The van der Waals surface area contributed by atoms with Gasteiger partial charge in [-0.1, -0.05) is 18.6 Å². The summed E-state index contributed by atoms with van der Waals surface area (Å²) >= 11 is 0. The van der Waals surface area contributed by atoms with Gasteiger partial charge in [-0.2, -0.15) is 0 Å². The molecule has 0 spiro atoms. The van der Waals surface area contributed by atoms with Gasteiger partial charge in [-0.05, 0) is 63.5 Å². The van der Waals surface area contributed by atoms with Gasteiger partial charge in [-0.3, -0.25) is 0 Å². The van der Waals surface area contributed by atoms with Gasteiger partial charge in [0.15, 0.2) is 0 Å². The summed E-state index contributed by atoms with van der Waals surface area (Å²) in [5, 5.41) is 3.53. The zero-order valence-electron chi connectivity index (χ0n) is 12.9. The molecular formula is C17H28N2O. The van der Waals surface area contributed by atoms with Crippen LogP contribution in [-0.4, -0.2) is 37.7 Å². The lowest BCUT2D eigenvalue weighted by molar-refractivity contribution is 0.159. The standard InChI is InChI=1S/C17H28N2O/c1-15-7-3-4-11-19(15)12-6-10-18-14-16-8-5-9-17(13-16)20-2/h5,8-9,13,15,18H,3-4,6-7,10-12,14H2,1-2H3. The zero-order valence-corrected chi connectivity index (χ0v) is 12.9. The van der Waals surface area contributed by atoms with E-state index in [1.165, 1.54) is 44.3 Å². The van der Waals surface area contributed by atoms with Crippen molar-refractivity contribution in [2.45, 2.75) is 45.2 Å². The minimum atomic E-state index is 0.780. The number of nitrogens with one attached hydrogen (secondary N) is 1. The molecule has 3 heteroatoms. The summed E-state index contributed by atoms with van der Waals surface area (Å²) in [6.07, 6.45) is 5.39. The maximum atomic E-state index is 5.24. The Hall–Kier alpha value is -1.06. The predicted octanol–water partition coefficient (Wildman–Crippen LogP) is 3.05. The number of benzene rings is 1. The normalized spacial score (nSPS) is 20.0. The fraction of sp³-hybridized carbons (Fsp3) is 0.647. The molecule has 112 valence electrons. The Morgan fingerprint density at radius 3 is 3.05 bits per heavy atom. The number of likely N-dealkylation sites (tertiary alicyclic amines) is 1. The van der Waals surface area contributed by atoms with Gasteiger partial charge in [0.05, 0.1) is 7.11 Å². The SMILES string of the molecule is COc1cccc(CNCCCN2CCCCC2C)c1. The highest BCUT2D eigenvalue weighted by atomic mass is 16.5. The van der Waals surface area contributed by atoms with E-state index in [2.05, 4.69) is 29.3 Å². The van der Waals surface area contributed by atoms with Crippen molar-refractivity contribution in [2.75, 3.05) is 26.7 Å². The molecule has 1 aromatic carbocycles. The van der Waals surface area contributed by atoms with E-state index in [1.54, 1.807) is 7.11 Å². The summed E-state index contributed by atoms with van der Waals surface area (Å²) in [5.74, 6) is 0.937. The second-order valence-corrected chi connectivity index (χ2v) is 5.76. The zero-order chi connectivity index (χ0) is 14.2. The van der Waals surface area contributed by atoms with E-state index in [1.807, 2.05) is 12.1 Å². The highest BCUT2D eigenvalue weighted by molar-refractivity contribution is 5.28. The van der Waals surface area contributed by atoms with Crippen LogP contribution < -0.4 is 10.1 Å². The topological polar surface area (TPSA) is 24.5 Å². The second kappa shape index (κ2) is 8.28. The van der Waals surface area contributed by atoms with E-state index < -0.39 is 0 Å². The van der Waals surface area contributed by atoms with E-state index in [9.17, 15) is 0 Å².